The molecule has 1 aliphatic heterocycles. The van der Waals surface area contributed by atoms with Gasteiger partial charge in [-0.15, -0.1) is 0 Å². The average Bonchev–Trinajstić information content (AvgIpc) is 2.71. The van der Waals surface area contributed by atoms with Gasteiger partial charge in [-0.3, -0.25) is 9.69 Å². The van der Waals surface area contributed by atoms with Crippen molar-refractivity contribution in [3.8, 4) is 0 Å². The smallest absolute Gasteiger partial charge is 0.341 e. The zero-order valence-electron chi connectivity index (χ0n) is 16.9. The number of piperazine rings is 1. The number of para-hydroxylation sites is 1. The van der Waals surface area contributed by atoms with Gasteiger partial charge in [0.15, 0.2) is 0 Å². The molecule has 0 unspecified atom stereocenters. The summed E-state index contributed by atoms with van der Waals surface area (Å²) in [5, 5.41) is 2.47. The number of alkyl halides is 2. The number of carbonyl (C=O) groups is 1. The normalized spacial score (nSPS) is 15.4. The van der Waals surface area contributed by atoms with Gasteiger partial charge in [0.1, 0.15) is 0 Å². The van der Waals surface area contributed by atoms with Gasteiger partial charge in [0.25, 0.3) is 0 Å². The lowest BCUT2D eigenvalue weighted by atomic mass is 10.1. The van der Waals surface area contributed by atoms with E-state index in [-0.39, 0.29) is 12.2 Å². The lowest BCUT2D eigenvalue weighted by Gasteiger charge is -2.36. The molecule has 0 aliphatic carbocycles. The van der Waals surface area contributed by atoms with Crippen molar-refractivity contribution in [1.29, 1.82) is 0 Å². The fourth-order valence-corrected chi connectivity index (χ4v) is 4.42. The Bertz CT molecular complexity index is 1020. The van der Waals surface area contributed by atoms with Gasteiger partial charge in [0, 0.05) is 31.9 Å². The topological polar surface area (TPSA) is 69.7 Å². The van der Waals surface area contributed by atoms with Crippen LogP contribution in [0.3, 0.4) is 0 Å². The van der Waals surface area contributed by atoms with Crippen LogP contribution in [0.4, 0.5) is 20.2 Å². The molecule has 0 bridgehead atoms. The number of anilines is 2. The number of benzene rings is 2. The van der Waals surface area contributed by atoms with Crippen molar-refractivity contribution in [2.24, 2.45) is 0 Å². The quantitative estimate of drug-likeness (QED) is 0.752. The first-order valence-electron chi connectivity index (χ1n) is 9.64. The molecule has 1 amide bonds. The van der Waals surface area contributed by atoms with Gasteiger partial charge in [-0.2, -0.15) is 8.78 Å². The maximum absolute atomic E-state index is 12.9. The van der Waals surface area contributed by atoms with Crippen molar-refractivity contribution in [2.75, 3.05) is 42.9 Å². The fourth-order valence-electron chi connectivity index (χ4n) is 3.53. The van der Waals surface area contributed by atoms with Crippen molar-refractivity contribution >= 4 is 27.1 Å². The second kappa shape index (κ2) is 9.09. The molecular weight excluding hydrogens is 412 g/mol. The Morgan fingerprint density at radius 2 is 1.70 bits per heavy atom. The van der Waals surface area contributed by atoms with Crippen LogP contribution in [-0.2, 0) is 14.6 Å². The van der Waals surface area contributed by atoms with Crippen molar-refractivity contribution in [2.45, 2.75) is 24.5 Å². The van der Waals surface area contributed by atoms with Gasteiger partial charge in [-0.1, -0.05) is 24.3 Å². The first-order chi connectivity index (χ1) is 14.2. The molecule has 0 aromatic heterocycles. The molecule has 30 heavy (non-hydrogen) atoms. The molecule has 3 rings (SSSR count). The van der Waals surface area contributed by atoms with Gasteiger partial charge in [-0.05, 0) is 43.2 Å². The highest BCUT2D eigenvalue weighted by molar-refractivity contribution is 7.91. The summed E-state index contributed by atoms with van der Waals surface area (Å²) >= 11 is 0. The fraction of sp³-hybridized carbons (Fsp3) is 0.381. The molecule has 2 aromatic rings. The van der Waals surface area contributed by atoms with Gasteiger partial charge < -0.3 is 10.2 Å². The number of nitrogens with zero attached hydrogens (tertiary/aromatic N) is 2. The maximum Gasteiger partial charge on any atom is 0.341 e. The predicted octanol–water partition coefficient (Wildman–Crippen LogP) is 3.06. The van der Waals surface area contributed by atoms with E-state index in [1.807, 2.05) is 11.0 Å². The predicted molar refractivity (Wildman–Crippen MR) is 113 cm³/mol. The van der Waals surface area contributed by atoms with Crippen LogP contribution in [0.15, 0.2) is 47.4 Å². The first kappa shape index (κ1) is 22.2. The molecule has 1 saturated heterocycles. The molecular formula is C21H25F2N3O3S. The molecule has 0 atom stereocenters. The summed E-state index contributed by atoms with van der Waals surface area (Å²) in [5.41, 5.74) is 3.52. The highest BCUT2D eigenvalue weighted by Gasteiger charge is 2.29. The monoisotopic (exact) mass is 437 g/mol. The van der Waals surface area contributed by atoms with Crippen LogP contribution in [-0.4, -0.2) is 57.7 Å². The van der Waals surface area contributed by atoms with E-state index in [1.165, 1.54) is 35.0 Å². The summed E-state index contributed by atoms with van der Waals surface area (Å²) in [6, 6.07) is 11.4. The summed E-state index contributed by atoms with van der Waals surface area (Å²) in [4.78, 5) is 16.1. The lowest BCUT2D eigenvalue weighted by molar-refractivity contribution is -0.117. The number of carbonyl (C=O) groups excluding carboxylic acids is 1. The number of nitrogens with one attached hydrogen (secondary N) is 1. The summed E-state index contributed by atoms with van der Waals surface area (Å²) in [6.45, 7) is 7.07. The van der Waals surface area contributed by atoms with Crippen LogP contribution in [0.2, 0.25) is 0 Å². The van der Waals surface area contributed by atoms with E-state index in [9.17, 15) is 22.0 Å². The van der Waals surface area contributed by atoms with E-state index in [1.54, 1.807) is 0 Å². The SMILES string of the molecule is Cc1cccc(N2CCN(CC(=O)Nc3ccccc3S(=O)(=O)C(F)F)CC2)c1C. The molecule has 1 aliphatic rings. The van der Waals surface area contributed by atoms with E-state index in [4.69, 9.17) is 0 Å². The van der Waals surface area contributed by atoms with Gasteiger partial charge in [-0.25, -0.2) is 8.42 Å². The Morgan fingerprint density at radius 3 is 2.37 bits per heavy atom. The largest absolute Gasteiger partial charge is 0.369 e. The van der Waals surface area contributed by atoms with E-state index < -0.39 is 26.4 Å². The number of hydrogen-bond acceptors (Lipinski definition) is 5. The number of amides is 1. The molecule has 6 nitrogen and oxygen atoms in total. The van der Waals surface area contributed by atoms with Gasteiger partial charge >= 0.3 is 5.76 Å². The molecule has 0 radical (unpaired) electrons. The van der Waals surface area contributed by atoms with E-state index in [2.05, 4.69) is 36.2 Å². The van der Waals surface area contributed by atoms with Crippen LogP contribution in [0, 0.1) is 13.8 Å². The second-order valence-corrected chi connectivity index (χ2v) is 9.22. The van der Waals surface area contributed by atoms with Crippen molar-refractivity contribution < 1.29 is 22.0 Å². The lowest BCUT2D eigenvalue weighted by Crippen LogP contribution is -2.49. The molecule has 1 N–H and O–H groups in total. The minimum Gasteiger partial charge on any atom is -0.369 e. The minimum atomic E-state index is -4.80. The number of sulfone groups is 1. The van der Waals surface area contributed by atoms with Crippen molar-refractivity contribution in [1.82, 2.24) is 4.90 Å². The molecule has 1 heterocycles. The Morgan fingerprint density at radius 1 is 1.03 bits per heavy atom. The Labute approximate surface area is 175 Å². The van der Waals surface area contributed by atoms with Gasteiger partial charge in [0.2, 0.25) is 15.7 Å². The van der Waals surface area contributed by atoms with Crippen LogP contribution < -0.4 is 10.2 Å². The summed E-state index contributed by atoms with van der Waals surface area (Å²) in [7, 11) is -4.80. The first-order valence-corrected chi connectivity index (χ1v) is 11.2. The third kappa shape index (κ3) is 4.79. The van der Waals surface area contributed by atoms with Crippen LogP contribution in [0.5, 0.6) is 0 Å². The Balaban J connectivity index is 1.61. The highest BCUT2D eigenvalue weighted by atomic mass is 32.2. The van der Waals surface area contributed by atoms with E-state index in [0.29, 0.717) is 13.1 Å². The molecule has 0 spiro atoms. The number of hydrogen-bond donors (Lipinski definition) is 1. The molecule has 162 valence electrons. The molecule has 0 saturated carbocycles. The van der Waals surface area contributed by atoms with Crippen LogP contribution >= 0.6 is 0 Å². The highest BCUT2D eigenvalue weighted by Crippen LogP contribution is 2.26. The zero-order valence-corrected chi connectivity index (χ0v) is 17.8. The third-order valence-electron chi connectivity index (χ3n) is 5.36. The zero-order chi connectivity index (χ0) is 21.9. The Hall–Kier alpha value is -2.52. The molecule has 2 aromatic carbocycles. The standard InChI is InChI=1S/C21H25F2N3O3S/c1-15-6-5-8-18(16(15)2)26-12-10-25(11-13-26)14-20(27)24-17-7-3-4-9-19(17)30(28,29)21(22)23/h3-9,21H,10-14H2,1-2H3,(H,24,27). The second-order valence-electron chi connectivity index (χ2n) is 7.33. The average molecular weight is 438 g/mol. The van der Waals surface area contributed by atoms with Crippen LogP contribution in [0.1, 0.15) is 11.1 Å². The minimum absolute atomic E-state index is 0.0592. The summed E-state index contributed by atoms with van der Waals surface area (Å²) < 4.78 is 49.5. The molecule has 9 heteroatoms. The van der Waals surface area contributed by atoms with E-state index >= 15 is 0 Å². The summed E-state index contributed by atoms with van der Waals surface area (Å²) in [6.07, 6.45) is 0. The number of rotatable bonds is 6. The van der Waals surface area contributed by atoms with Crippen molar-refractivity contribution in [3.05, 3.63) is 53.6 Å². The van der Waals surface area contributed by atoms with E-state index in [0.717, 1.165) is 19.2 Å². The Kier molecular flexibility index (Phi) is 6.72. The van der Waals surface area contributed by atoms with Gasteiger partial charge in [0.05, 0.1) is 17.1 Å². The molecule has 1 fully saturated rings. The maximum atomic E-state index is 12.9. The number of aryl methyl sites for hydroxylation is 1. The van der Waals surface area contributed by atoms with Crippen molar-refractivity contribution in [3.63, 3.8) is 0 Å². The van der Waals surface area contributed by atoms with Crippen LogP contribution in [0.25, 0.3) is 0 Å². The third-order valence-corrected chi connectivity index (χ3v) is 6.80. The summed E-state index contributed by atoms with van der Waals surface area (Å²) in [5.74, 6) is -3.99. The number of halogens is 2.